The van der Waals surface area contributed by atoms with Crippen LogP contribution in [-0.2, 0) is 4.79 Å². The van der Waals surface area contributed by atoms with E-state index in [-0.39, 0.29) is 30.3 Å². The van der Waals surface area contributed by atoms with Crippen LogP contribution in [0.4, 0.5) is 5.69 Å². The van der Waals surface area contributed by atoms with Gasteiger partial charge in [0.25, 0.3) is 0 Å². The van der Waals surface area contributed by atoms with Crippen molar-refractivity contribution in [1.29, 1.82) is 0 Å². The second-order valence-corrected chi connectivity index (χ2v) is 8.75. The minimum atomic E-state index is -0.343. The Bertz CT molecular complexity index is 1050. The van der Waals surface area contributed by atoms with Crippen LogP contribution in [0.3, 0.4) is 0 Å². The molecule has 3 aromatic rings. The van der Waals surface area contributed by atoms with E-state index in [1.54, 1.807) is 12.1 Å². The van der Waals surface area contributed by atoms with E-state index in [1.165, 1.54) is 0 Å². The summed E-state index contributed by atoms with van der Waals surface area (Å²) in [6, 6.07) is 22.2. The Morgan fingerprint density at radius 3 is 1.97 bits per heavy atom. The molecule has 0 amide bonds. The highest BCUT2D eigenvalue weighted by Crippen LogP contribution is 2.38. The third-order valence-corrected chi connectivity index (χ3v) is 5.49. The van der Waals surface area contributed by atoms with E-state index in [0.29, 0.717) is 17.9 Å². The summed E-state index contributed by atoms with van der Waals surface area (Å²) in [6.07, 6.45) is 0.643. The summed E-state index contributed by atoms with van der Waals surface area (Å²) in [5.74, 6) is 0.854. The van der Waals surface area contributed by atoms with Gasteiger partial charge in [0.15, 0.2) is 0 Å². The van der Waals surface area contributed by atoms with Crippen molar-refractivity contribution in [2.75, 3.05) is 0 Å². The van der Waals surface area contributed by atoms with Crippen LogP contribution < -0.4 is 4.74 Å². The van der Waals surface area contributed by atoms with Crippen LogP contribution in [-0.4, -0.2) is 11.1 Å². The number of hydrogen-bond acceptors (Lipinski definition) is 5. The molecule has 0 heterocycles. The number of phenolic OH excluding ortho intramolecular Hbond substituents is 1. The van der Waals surface area contributed by atoms with E-state index >= 15 is 0 Å². The van der Waals surface area contributed by atoms with Crippen molar-refractivity contribution in [3.05, 3.63) is 89.5 Å². The summed E-state index contributed by atoms with van der Waals surface area (Å²) in [5, 5.41) is 19.8. The Morgan fingerprint density at radius 1 is 0.879 bits per heavy atom. The van der Waals surface area contributed by atoms with E-state index in [9.17, 15) is 9.90 Å². The summed E-state index contributed by atoms with van der Waals surface area (Å²) in [7, 11) is 0. The molecule has 0 spiro atoms. The molecule has 0 radical (unpaired) electrons. The van der Waals surface area contributed by atoms with Crippen LogP contribution in [0.15, 0.2) is 83.0 Å². The molecule has 172 valence electrons. The molecule has 33 heavy (non-hydrogen) atoms. The standard InChI is InChI=1S/C28H32N2O3/c1-19(2)24-17-21(18-25(20(3)4)28(24)32)26(30-29-22-11-7-5-8-12-22)15-16-27(31)33-23-13-9-6-10-14-23/h5-14,17-20,26,32H,15-16H2,1-4H3. The first-order valence-corrected chi connectivity index (χ1v) is 11.4. The second-order valence-electron chi connectivity index (χ2n) is 8.75. The molecule has 0 aliphatic rings. The number of azo groups is 1. The summed E-state index contributed by atoms with van der Waals surface area (Å²) in [4.78, 5) is 12.5. The maximum Gasteiger partial charge on any atom is 0.311 e. The Labute approximate surface area is 196 Å². The number of hydrogen-bond donors (Lipinski definition) is 1. The first-order chi connectivity index (χ1) is 15.8. The van der Waals surface area contributed by atoms with Gasteiger partial charge in [0.2, 0.25) is 0 Å². The van der Waals surface area contributed by atoms with Crippen LogP contribution in [0.25, 0.3) is 0 Å². The van der Waals surface area contributed by atoms with Crippen LogP contribution >= 0.6 is 0 Å². The van der Waals surface area contributed by atoms with Crippen LogP contribution in [0.5, 0.6) is 11.5 Å². The predicted octanol–water partition coefficient (Wildman–Crippen LogP) is 7.85. The van der Waals surface area contributed by atoms with E-state index in [4.69, 9.17) is 4.74 Å². The third kappa shape index (κ3) is 6.75. The zero-order valence-electron chi connectivity index (χ0n) is 19.7. The molecule has 5 heteroatoms. The summed E-state index contributed by atoms with van der Waals surface area (Å²) in [6.45, 7) is 8.22. The van der Waals surface area contributed by atoms with Gasteiger partial charge < -0.3 is 9.84 Å². The fourth-order valence-electron chi connectivity index (χ4n) is 3.62. The van der Waals surface area contributed by atoms with Gasteiger partial charge in [0, 0.05) is 6.42 Å². The van der Waals surface area contributed by atoms with Crippen LogP contribution in [0.1, 0.15) is 75.1 Å². The number of benzene rings is 3. The monoisotopic (exact) mass is 444 g/mol. The Balaban J connectivity index is 1.89. The Morgan fingerprint density at radius 2 is 1.42 bits per heavy atom. The molecule has 5 nitrogen and oxygen atoms in total. The third-order valence-electron chi connectivity index (χ3n) is 5.49. The maximum atomic E-state index is 12.5. The van der Waals surface area contributed by atoms with Gasteiger partial charge in [-0.15, -0.1) is 0 Å². The average Bonchev–Trinajstić information content (AvgIpc) is 2.80. The normalized spacial score (nSPS) is 12.4. The van der Waals surface area contributed by atoms with Crippen molar-refractivity contribution in [3.8, 4) is 11.5 Å². The lowest BCUT2D eigenvalue weighted by molar-refractivity contribution is -0.134. The predicted molar refractivity (Wildman–Crippen MR) is 131 cm³/mol. The minimum absolute atomic E-state index is 0.150. The quantitative estimate of drug-likeness (QED) is 0.207. The highest BCUT2D eigenvalue weighted by atomic mass is 16.5. The lowest BCUT2D eigenvalue weighted by Crippen LogP contribution is -2.10. The minimum Gasteiger partial charge on any atom is -0.507 e. The Kier molecular flexibility index (Phi) is 8.36. The van der Waals surface area contributed by atoms with Gasteiger partial charge in [-0.2, -0.15) is 10.2 Å². The molecule has 0 saturated carbocycles. The summed E-state index contributed by atoms with van der Waals surface area (Å²) in [5.41, 5.74) is 3.44. The maximum absolute atomic E-state index is 12.5. The van der Waals surface area contributed by atoms with E-state index in [1.807, 2.05) is 60.7 Å². The first-order valence-electron chi connectivity index (χ1n) is 11.4. The van der Waals surface area contributed by atoms with Gasteiger partial charge in [0.05, 0.1) is 11.7 Å². The van der Waals surface area contributed by atoms with Gasteiger partial charge in [-0.25, -0.2) is 0 Å². The smallest absolute Gasteiger partial charge is 0.311 e. The highest BCUT2D eigenvalue weighted by molar-refractivity contribution is 5.72. The van der Waals surface area contributed by atoms with Crippen molar-refractivity contribution in [2.24, 2.45) is 10.2 Å². The van der Waals surface area contributed by atoms with Gasteiger partial charge in [0.1, 0.15) is 11.5 Å². The number of carbonyl (C=O) groups excluding carboxylic acids is 1. The van der Waals surface area contributed by atoms with Crippen LogP contribution in [0, 0.1) is 0 Å². The van der Waals surface area contributed by atoms with Crippen molar-refractivity contribution >= 4 is 11.7 Å². The molecular formula is C28H32N2O3. The van der Waals surface area contributed by atoms with E-state index in [0.717, 1.165) is 22.4 Å². The molecule has 0 aliphatic carbocycles. The molecule has 0 aliphatic heterocycles. The second kappa shape index (κ2) is 11.4. The number of carbonyl (C=O) groups is 1. The van der Waals surface area contributed by atoms with Gasteiger partial charge >= 0.3 is 5.97 Å². The molecule has 1 atom stereocenters. The number of phenols is 1. The highest BCUT2D eigenvalue weighted by Gasteiger charge is 2.21. The molecule has 3 aromatic carbocycles. The topological polar surface area (TPSA) is 71.2 Å². The molecule has 1 unspecified atom stereocenters. The molecule has 0 bridgehead atoms. The molecule has 0 aromatic heterocycles. The van der Waals surface area contributed by atoms with Crippen molar-refractivity contribution in [2.45, 2.75) is 58.4 Å². The number of aromatic hydroxyl groups is 1. The number of para-hydroxylation sites is 1. The number of ether oxygens (including phenoxy) is 1. The number of rotatable bonds is 9. The SMILES string of the molecule is CC(C)c1cc(C(CCC(=O)Oc2ccccc2)N=Nc2ccccc2)cc(C(C)C)c1O. The van der Waals surface area contributed by atoms with Crippen molar-refractivity contribution in [3.63, 3.8) is 0 Å². The van der Waals surface area contributed by atoms with Crippen molar-refractivity contribution in [1.82, 2.24) is 0 Å². The Hall–Kier alpha value is -3.47. The van der Waals surface area contributed by atoms with E-state index < -0.39 is 0 Å². The average molecular weight is 445 g/mol. The zero-order valence-corrected chi connectivity index (χ0v) is 19.7. The summed E-state index contributed by atoms with van der Waals surface area (Å²) >= 11 is 0. The van der Waals surface area contributed by atoms with E-state index in [2.05, 4.69) is 37.9 Å². The largest absolute Gasteiger partial charge is 0.507 e. The van der Waals surface area contributed by atoms with Gasteiger partial charge in [-0.1, -0.05) is 64.1 Å². The zero-order chi connectivity index (χ0) is 23.8. The molecule has 1 N–H and O–H groups in total. The number of nitrogens with zero attached hydrogens (tertiary/aromatic N) is 2. The van der Waals surface area contributed by atoms with Crippen molar-refractivity contribution < 1.29 is 14.6 Å². The lowest BCUT2D eigenvalue weighted by Gasteiger charge is -2.20. The van der Waals surface area contributed by atoms with Gasteiger partial charge in [-0.3, -0.25) is 4.79 Å². The molecule has 0 saturated heterocycles. The molecular weight excluding hydrogens is 412 g/mol. The van der Waals surface area contributed by atoms with Crippen LogP contribution in [0.2, 0.25) is 0 Å². The lowest BCUT2D eigenvalue weighted by atomic mass is 9.89. The first kappa shape index (κ1) is 24.2. The van der Waals surface area contributed by atoms with Gasteiger partial charge in [-0.05, 0) is 71.3 Å². The fraction of sp³-hybridized carbons (Fsp3) is 0.321. The molecule has 3 rings (SSSR count). The summed E-state index contributed by atoms with van der Waals surface area (Å²) < 4.78 is 5.46. The fourth-order valence-corrected chi connectivity index (χ4v) is 3.62. The molecule has 0 fully saturated rings. The number of esters is 1.